The van der Waals surface area contributed by atoms with Crippen molar-refractivity contribution in [1.82, 2.24) is 5.32 Å². The minimum Gasteiger partial charge on any atom is -0.480 e. The molecule has 0 spiro atoms. The Balaban J connectivity index is 2.88. The Labute approximate surface area is 115 Å². The van der Waals surface area contributed by atoms with E-state index in [0.717, 1.165) is 18.2 Å². The van der Waals surface area contributed by atoms with Crippen molar-refractivity contribution < 1.29 is 32.3 Å². The summed E-state index contributed by atoms with van der Waals surface area (Å²) in [6.07, 6.45) is -6.54. The van der Waals surface area contributed by atoms with Gasteiger partial charge in [-0.15, -0.1) is 0 Å². The van der Waals surface area contributed by atoms with Crippen molar-refractivity contribution >= 4 is 23.5 Å². The Kier molecular flexibility index (Phi) is 4.93. The van der Waals surface area contributed by atoms with Gasteiger partial charge in [0, 0.05) is 5.02 Å². The summed E-state index contributed by atoms with van der Waals surface area (Å²) in [6.45, 7) is 0. The van der Waals surface area contributed by atoms with Gasteiger partial charge in [0.25, 0.3) is 5.91 Å². The van der Waals surface area contributed by atoms with Crippen LogP contribution in [0.2, 0.25) is 5.02 Å². The molecule has 0 bridgehead atoms. The molecule has 0 radical (unpaired) electrons. The number of alkyl halides is 3. The minimum atomic E-state index is -4.78. The van der Waals surface area contributed by atoms with E-state index in [-0.39, 0.29) is 5.02 Å². The highest BCUT2D eigenvalue weighted by Gasteiger charge is 2.36. The predicted molar refractivity (Wildman–Crippen MR) is 61.0 cm³/mol. The number of carbonyl (C=O) groups excluding carboxylic acids is 1. The Hall–Kier alpha value is -1.83. The maximum Gasteiger partial charge on any atom is 0.391 e. The Bertz CT molecular complexity index is 533. The molecule has 0 fully saturated rings. The van der Waals surface area contributed by atoms with Crippen molar-refractivity contribution in [3.05, 3.63) is 34.6 Å². The van der Waals surface area contributed by atoms with Crippen molar-refractivity contribution in [2.24, 2.45) is 0 Å². The van der Waals surface area contributed by atoms with Gasteiger partial charge in [-0.1, -0.05) is 11.6 Å². The van der Waals surface area contributed by atoms with Crippen molar-refractivity contribution in [2.75, 3.05) is 0 Å². The van der Waals surface area contributed by atoms with Crippen LogP contribution in [0, 0.1) is 5.82 Å². The molecule has 2 N–H and O–H groups in total. The number of carboxylic acid groups (broad SMARTS) is 1. The molecule has 1 aromatic rings. The van der Waals surface area contributed by atoms with Crippen LogP contribution < -0.4 is 5.32 Å². The number of amides is 1. The van der Waals surface area contributed by atoms with Crippen molar-refractivity contribution in [2.45, 2.75) is 18.6 Å². The van der Waals surface area contributed by atoms with E-state index in [1.807, 2.05) is 0 Å². The summed E-state index contributed by atoms with van der Waals surface area (Å²) in [5.74, 6) is -4.20. The van der Waals surface area contributed by atoms with E-state index in [2.05, 4.69) is 0 Å². The van der Waals surface area contributed by atoms with Gasteiger partial charge < -0.3 is 10.4 Å². The van der Waals surface area contributed by atoms with Crippen molar-refractivity contribution in [3.63, 3.8) is 0 Å². The van der Waals surface area contributed by atoms with Gasteiger partial charge in [-0.25, -0.2) is 9.18 Å². The number of aliphatic carboxylic acids is 1. The fourth-order valence-corrected chi connectivity index (χ4v) is 1.50. The molecule has 0 aliphatic heterocycles. The van der Waals surface area contributed by atoms with Crippen LogP contribution in [-0.4, -0.2) is 29.2 Å². The summed E-state index contributed by atoms with van der Waals surface area (Å²) < 4.78 is 49.8. The summed E-state index contributed by atoms with van der Waals surface area (Å²) in [7, 11) is 0. The summed E-state index contributed by atoms with van der Waals surface area (Å²) in [6, 6.07) is 0.687. The summed E-state index contributed by atoms with van der Waals surface area (Å²) in [4.78, 5) is 22.2. The molecule has 1 amide bonds. The highest BCUT2D eigenvalue weighted by atomic mass is 35.5. The largest absolute Gasteiger partial charge is 0.480 e. The molecule has 110 valence electrons. The second-order valence-corrected chi connectivity index (χ2v) is 4.24. The van der Waals surface area contributed by atoms with Gasteiger partial charge in [0.2, 0.25) is 0 Å². The van der Waals surface area contributed by atoms with Crippen LogP contribution in [0.25, 0.3) is 0 Å². The van der Waals surface area contributed by atoms with Crippen molar-refractivity contribution in [3.8, 4) is 0 Å². The van der Waals surface area contributed by atoms with Gasteiger partial charge in [0.05, 0.1) is 12.0 Å². The average Bonchev–Trinajstić information content (AvgIpc) is 2.25. The third-order valence-electron chi connectivity index (χ3n) is 2.21. The molecule has 0 aromatic heterocycles. The molecule has 1 atom stereocenters. The molecule has 4 nitrogen and oxygen atoms in total. The van der Waals surface area contributed by atoms with E-state index in [9.17, 15) is 27.2 Å². The topological polar surface area (TPSA) is 66.4 Å². The SMILES string of the molecule is O=C(NC(CC(F)(F)F)C(=O)O)c1ccc(Cl)cc1F. The van der Waals surface area contributed by atoms with E-state index >= 15 is 0 Å². The maximum atomic E-state index is 13.4. The van der Waals surface area contributed by atoms with Gasteiger partial charge in [0.1, 0.15) is 11.9 Å². The van der Waals surface area contributed by atoms with Crippen LogP contribution in [0.15, 0.2) is 18.2 Å². The first-order valence-corrected chi connectivity index (χ1v) is 5.53. The second-order valence-electron chi connectivity index (χ2n) is 3.81. The normalized spacial score (nSPS) is 12.8. The first-order valence-electron chi connectivity index (χ1n) is 5.15. The maximum absolute atomic E-state index is 13.4. The summed E-state index contributed by atoms with van der Waals surface area (Å²) in [5, 5.41) is 10.2. The van der Waals surface area contributed by atoms with Crippen molar-refractivity contribution in [1.29, 1.82) is 0 Å². The smallest absolute Gasteiger partial charge is 0.391 e. The highest BCUT2D eigenvalue weighted by molar-refractivity contribution is 6.30. The molecule has 9 heteroatoms. The zero-order valence-corrected chi connectivity index (χ0v) is 10.4. The number of carbonyl (C=O) groups is 2. The number of hydrogen-bond donors (Lipinski definition) is 2. The molecule has 0 heterocycles. The second kappa shape index (κ2) is 6.08. The third kappa shape index (κ3) is 4.69. The molecular weight excluding hydrogens is 306 g/mol. The molecule has 1 unspecified atom stereocenters. The molecule has 20 heavy (non-hydrogen) atoms. The monoisotopic (exact) mass is 313 g/mol. The number of rotatable bonds is 4. The first-order chi connectivity index (χ1) is 9.10. The quantitative estimate of drug-likeness (QED) is 0.840. The number of halogens is 5. The fourth-order valence-electron chi connectivity index (χ4n) is 1.34. The summed E-state index contributed by atoms with van der Waals surface area (Å²) in [5.41, 5.74) is -0.595. The number of carboxylic acids is 1. The molecule has 0 saturated carbocycles. The lowest BCUT2D eigenvalue weighted by Crippen LogP contribution is -2.43. The van der Waals surface area contributed by atoms with Crippen LogP contribution >= 0.6 is 11.6 Å². The number of nitrogens with one attached hydrogen (secondary N) is 1. The van der Waals surface area contributed by atoms with Crippen LogP contribution in [0.3, 0.4) is 0 Å². The van der Waals surface area contributed by atoms with E-state index in [0.29, 0.717) is 0 Å². The lowest BCUT2D eigenvalue weighted by molar-refractivity contribution is -0.157. The predicted octanol–water partition coefficient (Wildman–Crippen LogP) is 2.61. The molecular formula is C11H8ClF4NO3. The van der Waals surface area contributed by atoms with Gasteiger partial charge in [-0.2, -0.15) is 13.2 Å². The Morgan fingerprint density at radius 2 is 1.95 bits per heavy atom. The van der Waals surface area contributed by atoms with E-state index in [1.54, 1.807) is 5.32 Å². The van der Waals surface area contributed by atoms with Crippen LogP contribution in [-0.2, 0) is 4.79 Å². The average molecular weight is 314 g/mol. The van der Waals surface area contributed by atoms with E-state index in [4.69, 9.17) is 16.7 Å². The Morgan fingerprint density at radius 3 is 2.40 bits per heavy atom. The lowest BCUT2D eigenvalue weighted by atomic mass is 10.1. The zero-order chi connectivity index (χ0) is 15.5. The first kappa shape index (κ1) is 16.2. The zero-order valence-electron chi connectivity index (χ0n) is 9.67. The molecule has 0 aliphatic carbocycles. The molecule has 0 saturated heterocycles. The third-order valence-corrected chi connectivity index (χ3v) is 2.45. The Morgan fingerprint density at radius 1 is 1.35 bits per heavy atom. The van der Waals surface area contributed by atoms with E-state index < -0.39 is 41.9 Å². The van der Waals surface area contributed by atoms with Crippen LogP contribution in [0.1, 0.15) is 16.8 Å². The molecule has 1 aromatic carbocycles. The fraction of sp³-hybridized carbons (Fsp3) is 0.273. The number of hydrogen-bond acceptors (Lipinski definition) is 2. The minimum absolute atomic E-state index is 0.0101. The van der Waals surface area contributed by atoms with Crippen LogP contribution in [0.4, 0.5) is 17.6 Å². The molecule has 0 aliphatic rings. The highest BCUT2D eigenvalue weighted by Crippen LogP contribution is 2.22. The van der Waals surface area contributed by atoms with Gasteiger partial charge in [-0.05, 0) is 18.2 Å². The lowest BCUT2D eigenvalue weighted by Gasteiger charge is -2.16. The number of benzene rings is 1. The van der Waals surface area contributed by atoms with Gasteiger partial charge in [-0.3, -0.25) is 4.79 Å². The standard InChI is InChI=1S/C11H8ClF4NO3/c12-5-1-2-6(7(13)3-5)9(18)17-8(10(19)20)4-11(14,15)16/h1-3,8H,4H2,(H,17,18)(H,19,20). The van der Waals surface area contributed by atoms with Crippen LogP contribution in [0.5, 0.6) is 0 Å². The van der Waals surface area contributed by atoms with Gasteiger partial charge in [0.15, 0.2) is 0 Å². The van der Waals surface area contributed by atoms with Gasteiger partial charge >= 0.3 is 12.1 Å². The van der Waals surface area contributed by atoms with E-state index in [1.165, 1.54) is 0 Å². The summed E-state index contributed by atoms with van der Waals surface area (Å²) >= 11 is 5.45. The molecule has 1 rings (SSSR count).